The van der Waals surface area contributed by atoms with Crippen molar-refractivity contribution in [3.63, 3.8) is 0 Å². The zero-order chi connectivity index (χ0) is 20.9. The van der Waals surface area contributed by atoms with Gasteiger partial charge in [0.05, 0.1) is 5.69 Å². The Morgan fingerprint density at radius 2 is 1.65 bits per heavy atom. The Morgan fingerprint density at radius 3 is 2.48 bits per heavy atom. The van der Waals surface area contributed by atoms with Gasteiger partial charge < -0.3 is 10.2 Å². The van der Waals surface area contributed by atoms with Gasteiger partial charge >= 0.3 is 0 Å². The van der Waals surface area contributed by atoms with E-state index < -0.39 is 0 Å². The number of nitrogens with one attached hydrogen (secondary N) is 1. The molecule has 31 heavy (non-hydrogen) atoms. The highest BCUT2D eigenvalue weighted by atomic mass is 15.3. The third-order valence-electron chi connectivity index (χ3n) is 7.15. The molecular weight excluding hydrogens is 382 g/mol. The van der Waals surface area contributed by atoms with Crippen molar-refractivity contribution in [2.24, 2.45) is 0 Å². The lowest BCUT2D eigenvalue weighted by atomic mass is 9.96. The van der Waals surface area contributed by atoms with Gasteiger partial charge in [-0.15, -0.1) is 0 Å². The van der Waals surface area contributed by atoms with Crippen molar-refractivity contribution >= 4 is 11.8 Å². The minimum atomic E-state index is 0.427. The van der Waals surface area contributed by atoms with Crippen LogP contribution in [0.2, 0.25) is 0 Å². The van der Waals surface area contributed by atoms with E-state index in [4.69, 9.17) is 9.97 Å². The van der Waals surface area contributed by atoms with Crippen LogP contribution in [-0.2, 0) is 19.4 Å². The Bertz CT molecular complexity index is 844. The minimum absolute atomic E-state index is 0.427. The van der Waals surface area contributed by atoms with E-state index in [0.717, 1.165) is 45.0 Å². The average Bonchev–Trinajstić information content (AvgIpc) is 3.09. The van der Waals surface area contributed by atoms with Gasteiger partial charge in [0, 0.05) is 37.8 Å². The molecule has 5 rings (SSSR count). The smallest absolute Gasteiger partial charge is 0.225 e. The second-order valence-electron chi connectivity index (χ2n) is 9.61. The molecule has 2 fully saturated rings. The standard InChI is InChI=1S/C26H37N5/c1-2-9-18-31(17-8-1)25-23-14-6-7-15-24(23)28-26(29-25)27-22-13-10-16-30(20-22)19-21-11-4-3-5-12-21/h3-5,11-12,22H,1-2,6-10,13-20H2,(H,27,28,29). The summed E-state index contributed by atoms with van der Waals surface area (Å²) in [5.74, 6) is 2.11. The summed E-state index contributed by atoms with van der Waals surface area (Å²) in [5.41, 5.74) is 4.14. The highest BCUT2D eigenvalue weighted by Crippen LogP contribution is 2.31. The number of hydrogen-bond acceptors (Lipinski definition) is 5. The number of fused-ring (bicyclic) bond motifs is 1. The molecule has 2 aromatic rings. The Balaban J connectivity index is 1.32. The maximum atomic E-state index is 5.14. The predicted molar refractivity (Wildman–Crippen MR) is 128 cm³/mol. The number of hydrogen-bond donors (Lipinski definition) is 1. The van der Waals surface area contributed by atoms with Crippen molar-refractivity contribution in [3.05, 3.63) is 47.2 Å². The summed E-state index contributed by atoms with van der Waals surface area (Å²) in [4.78, 5) is 15.3. The molecule has 1 aliphatic carbocycles. The number of piperidine rings is 1. The first-order valence-electron chi connectivity index (χ1n) is 12.5. The molecule has 1 aromatic carbocycles. The van der Waals surface area contributed by atoms with Crippen molar-refractivity contribution in [2.45, 2.75) is 76.8 Å². The molecule has 0 amide bonds. The van der Waals surface area contributed by atoms with Crippen LogP contribution in [0.15, 0.2) is 30.3 Å². The molecule has 5 heteroatoms. The summed E-state index contributed by atoms with van der Waals surface area (Å²) in [6, 6.07) is 11.3. The summed E-state index contributed by atoms with van der Waals surface area (Å²) in [7, 11) is 0. The summed E-state index contributed by atoms with van der Waals surface area (Å²) in [6.07, 6.45) is 12.5. The SMILES string of the molecule is c1ccc(CN2CCCC(Nc3nc4c(c(N5CCCCCC5)n3)CCCC4)C2)cc1. The van der Waals surface area contributed by atoms with E-state index in [1.54, 1.807) is 0 Å². The average molecular weight is 420 g/mol. The molecule has 3 heterocycles. The highest BCUT2D eigenvalue weighted by molar-refractivity contribution is 5.54. The number of likely N-dealkylation sites (tertiary alicyclic amines) is 1. The predicted octanol–water partition coefficient (Wildman–Crippen LogP) is 4.81. The van der Waals surface area contributed by atoms with Crippen molar-refractivity contribution in [1.82, 2.24) is 14.9 Å². The molecule has 166 valence electrons. The molecule has 1 atom stereocenters. The van der Waals surface area contributed by atoms with Gasteiger partial charge in [-0.1, -0.05) is 43.2 Å². The van der Waals surface area contributed by atoms with Crippen LogP contribution < -0.4 is 10.2 Å². The fourth-order valence-corrected chi connectivity index (χ4v) is 5.52. The van der Waals surface area contributed by atoms with E-state index in [0.29, 0.717) is 6.04 Å². The number of aromatic nitrogens is 2. The number of rotatable bonds is 5. The molecule has 3 aliphatic rings. The number of anilines is 2. The Kier molecular flexibility index (Phi) is 6.68. The van der Waals surface area contributed by atoms with Crippen molar-refractivity contribution < 1.29 is 0 Å². The second kappa shape index (κ2) is 9.99. The van der Waals surface area contributed by atoms with Gasteiger partial charge in [-0.2, -0.15) is 4.98 Å². The molecule has 2 aliphatic heterocycles. The normalized spacial score (nSPS) is 22.6. The van der Waals surface area contributed by atoms with Gasteiger partial charge in [-0.25, -0.2) is 4.98 Å². The number of benzene rings is 1. The zero-order valence-corrected chi connectivity index (χ0v) is 18.9. The van der Waals surface area contributed by atoms with E-state index in [-0.39, 0.29) is 0 Å². The Hall–Kier alpha value is -2.14. The lowest BCUT2D eigenvalue weighted by Gasteiger charge is -2.34. The Labute approximate surface area is 187 Å². The van der Waals surface area contributed by atoms with Crippen LogP contribution in [-0.4, -0.2) is 47.1 Å². The highest BCUT2D eigenvalue weighted by Gasteiger charge is 2.25. The van der Waals surface area contributed by atoms with E-state index in [2.05, 4.69) is 45.4 Å². The van der Waals surface area contributed by atoms with Gasteiger partial charge in [0.25, 0.3) is 0 Å². The maximum absolute atomic E-state index is 5.14. The van der Waals surface area contributed by atoms with Gasteiger partial charge in [0.2, 0.25) is 5.95 Å². The molecule has 0 spiro atoms. The van der Waals surface area contributed by atoms with Crippen LogP contribution in [0.25, 0.3) is 0 Å². The zero-order valence-electron chi connectivity index (χ0n) is 18.9. The summed E-state index contributed by atoms with van der Waals surface area (Å²) >= 11 is 0. The molecule has 0 bridgehead atoms. The molecule has 1 aromatic heterocycles. The first kappa shape index (κ1) is 20.7. The maximum Gasteiger partial charge on any atom is 0.225 e. The molecule has 1 unspecified atom stereocenters. The molecular formula is C26H37N5. The summed E-state index contributed by atoms with van der Waals surface area (Å²) in [6.45, 7) is 5.57. The molecule has 2 saturated heterocycles. The quantitative estimate of drug-likeness (QED) is 0.753. The molecule has 0 radical (unpaired) electrons. The fraction of sp³-hybridized carbons (Fsp3) is 0.615. The largest absolute Gasteiger partial charge is 0.356 e. The first-order valence-corrected chi connectivity index (χ1v) is 12.5. The lowest BCUT2D eigenvalue weighted by Crippen LogP contribution is -2.42. The monoisotopic (exact) mass is 419 g/mol. The van der Waals surface area contributed by atoms with Crippen LogP contribution in [0, 0.1) is 0 Å². The van der Waals surface area contributed by atoms with Crippen LogP contribution in [0.1, 0.15) is 68.2 Å². The van der Waals surface area contributed by atoms with E-state index in [9.17, 15) is 0 Å². The molecule has 1 N–H and O–H groups in total. The van der Waals surface area contributed by atoms with Crippen molar-refractivity contribution in [3.8, 4) is 0 Å². The molecule has 0 saturated carbocycles. The number of nitrogens with zero attached hydrogens (tertiary/aromatic N) is 4. The first-order chi connectivity index (χ1) is 15.3. The van der Waals surface area contributed by atoms with Crippen LogP contribution in [0.3, 0.4) is 0 Å². The fourth-order valence-electron chi connectivity index (χ4n) is 5.52. The second-order valence-corrected chi connectivity index (χ2v) is 9.61. The van der Waals surface area contributed by atoms with Gasteiger partial charge in [-0.3, -0.25) is 4.90 Å². The number of aryl methyl sites for hydroxylation is 1. The third-order valence-corrected chi connectivity index (χ3v) is 7.15. The van der Waals surface area contributed by atoms with Crippen LogP contribution in [0.4, 0.5) is 11.8 Å². The minimum Gasteiger partial charge on any atom is -0.356 e. The van der Waals surface area contributed by atoms with Crippen molar-refractivity contribution in [1.29, 1.82) is 0 Å². The topological polar surface area (TPSA) is 44.3 Å². The van der Waals surface area contributed by atoms with Gasteiger partial charge in [0.15, 0.2) is 0 Å². The van der Waals surface area contributed by atoms with E-state index >= 15 is 0 Å². The van der Waals surface area contributed by atoms with Gasteiger partial charge in [-0.05, 0) is 63.5 Å². The van der Waals surface area contributed by atoms with Crippen LogP contribution >= 0.6 is 0 Å². The van der Waals surface area contributed by atoms with Crippen LogP contribution in [0.5, 0.6) is 0 Å². The summed E-state index contributed by atoms with van der Waals surface area (Å²) < 4.78 is 0. The van der Waals surface area contributed by atoms with Gasteiger partial charge in [0.1, 0.15) is 5.82 Å². The van der Waals surface area contributed by atoms with E-state index in [1.165, 1.54) is 80.6 Å². The van der Waals surface area contributed by atoms with Crippen molar-refractivity contribution in [2.75, 3.05) is 36.4 Å². The summed E-state index contributed by atoms with van der Waals surface area (Å²) in [5, 5.41) is 3.75. The Morgan fingerprint density at radius 1 is 0.839 bits per heavy atom. The third kappa shape index (κ3) is 5.20. The molecule has 5 nitrogen and oxygen atoms in total. The van der Waals surface area contributed by atoms with E-state index in [1.807, 2.05) is 0 Å². The lowest BCUT2D eigenvalue weighted by molar-refractivity contribution is 0.208.